The van der Waals surface area contributed by atoms with Crippen LogP contribution in [0.15, 0.2) is 48.7 Å². The first kappa shape index (κ1) is 18.4. The van der Waals surface area contributed by atoms with Crippen LogP contribution in [0.1, 0.15) is 12.1 Å². The molecule has 1 fully saturated rings. The molecular weight excluding hydrogens is 348 g/mol. The molecule has 1 atom stereocenters. The summed E-state index contributed by atoms with van der Waals surface area (Å²) in [5, 5.41) is 5.30. The van der Waals surface area contributed by atoms with Gasteiger partial charge in [0.15, 0.2) is 0 Å². The van der Waals surface area contributed by atoms with E-state index in [4.69, 9.17) is 4.74 Å². The highest BCUT2D eigenvalue weighted by Gasteiger charge is 2.39. The Morgan fingerprint density at radius 3 is 2.67 bits per heavy atom. The highest BCUT2D eigenvalue weighted by atomic mass is 16.5. The number of methoxy groups -OCH3 is 1. The van der Waals surface area contributed by atoms with Crippen LogP contribution in [-0.2, 0) is 16.0 Å². The predicted molar refractivity (Wildman–Crippen MR) is 98.4 cm³/mol. The lowest BCUT2D eigenvalue weighted by atomic mass is 10.2. The SMILES string of the molecule is COc1ccc(N2C(=O)NC(CC(=O)NCCc3ccccn3)C2=O)cc1. The number of nitrogens with one attached hydrogen (secondary N) is 2. The fourth-order valence-corrected chi connectivity index (χ4v) is 2.78. The number of pyridine rings is 1. The molecule has 27 heavy (non-hydrogen) atoms. The van der Waals surface area contributed by atoms with Crippen LogP contribution in [0, 0.1) is 0 Å². The number of carbonyl (C=O) groups excluding carboxylic acids is 3. The number of urea groups is 1. The Balaban J connectivity index is 1.53. The second-order valence-electron chi connectivity index (χ2n) is 6.00. The minimum Gasteiger partial charge on any atom is -0.497 e. The molecule has 0 bridgehead atoms. The van der Waals surface area contributed by atoms with Gasteiger partial charge in [-0.1, -0.05) is 6.07 Å². The third kappa shape index (κ3) is 4.41. The quantitative estimate of drug-likeness (QED) is 0.717. The minimum absolute atomic E-state index is 0.112. The van der Waals surface area contributed by atoms with Crippen LogP contribution in [0.5, 0.6) is 5.75 Å². The van der Waals surface area contributed by atoms with Gasteiger partial charge in [0.25, 0.3) is 5.91 Å². The Hall–Kier alpha value is -3.42. The molecule has 2 aromatic rings. The van der Waals surface area contributed by atoms with Gasteiger partial charge in [-0.25, -0.2) is 9.69 Å². The van der Waals surface area contributed by atoms with E-state index in [0.717, 1.165) is 10.6 Å². The maximum atomic E-state index is 12.5. The van der Waals surface area contributed by atoms with E-state index in [-0.39, 0.29) is 12.3 Å². The van der Waals surface area contributed by atoms with Gasteiger partial charge in [0, 0.05) is 24.9 Å². The molecule has 0 radical (unpaired) electrons. The van der Waals surface area contributed by atoms with Crippen LogP contribution >= 0.6 is 0 Å². The van der Waals surface area contributed by atoms with Crippen molar-refractivity contribution in [2.75, 3.05) is 18.6 Å². The maximum Gasteiger partial charge on any atom is 0.329 e. The molecule has 0 saturated carbocycles. The monoisotopic (exact) mass is 368 g/mol. The predicted octanol–water partition coefficient (Wildman–Crippen LogP) is 1.26. The topological polar surface area (TPSA) is 101 Å². The number of nitrogens with zero attached hydrogens (tertiary/aromatic N) is 2. The molecule has 3 rings (SSSR count). The Morgan fingerprint density at radius 2 is 2.00 bits per heavy atom. The van der Waals surface area contributed by atoms with E-state index in [1.807, 2.05) is 18.2 Å². The van der Waals surface area contributed by atoms with E-state index in [9.17, 15) is 14.4 Å². The van der Waals surface area contributed by atoms with E-state index in [2.05, 4.69) is 15.6 Å². The van der Waals surface area contributed by atoms with Crippen molar-refractivity contribution < 1.29 is 19.1 Å². The summed E-state index contributed by atoms with van der Waals surface area (Å²) in [4.78, 5) is 42.0. The number of hydrogen-bond acceptors (Lipinski definition) is 5. The number of benzene rings is 1. The summed E-state index contributed by atoms with van der Waals surface area (Å²) in [7, 11) is 1.53. The molecule has 4 amide bonds. The first-order valence-electron chi connectivity index (χ1n) is 8.53. The molecule has 8 nitrogen and oxygen atoms in total. The van der Waals surface area contributed by atoms with Gasteiger partial charge in [-0.15, -0.1) is 0 Å². The number of carbonyl (C=O) groups is 3. The van der Waals surface area contributed by atoms with E-state index in [0.29, 0.717) is 24.4 Å². The molecule has 8 heteroatoms. The zero-order chi connectivity index (χ0) is 19.2. The van der Waals surface area contributed by atoms with Crippen LogP contribution in [0.3, 0.4) is 0 Å². The van der Waals surface area contributed by atoms with Crippen LogP contribution < -0.4 is 20.3 Å². The third-order valence-electron chi connectivity index (χ3n) is 4.17. The van der Waals surface area contributed by atoms with Gasteiger partial charge in [0.1, 0.15) is 11.8 Å². The summed E-state index contributed by atoms with van der Waals surface area (Å²) in [5.41, 5.74) is 1.30. The largest absolute Gasteiger partial charge is 0.497 e. The van der Waals surface area contributed by atoms with Crippen molar-refractivity contribution in [1.29, 1.82) is 0 Å². The molecule has 1 aromatic heterocycles. The van der Waals surface area contributed by atoms with E-state index >= 15 is 0 Å². The molecule has 140 valence electrons. The highest BCUT2D eigenvalue weighted by Crippen LogP contribution is 2.23. The highest BCUT2D eigenvalue weighted by molar-refractivity contribution is 6.22. The Labute approximate surface area is 156 Å². The first-order valence-corrected chi connectivity index (χ1v) is 8.53. The van der Waals surface area contributed by atoms with Crippen molar-refractivity contribution in [3.05, 3.63) is 54.4 Å². The molecule has 1 unspecified atom stereocenters. The van der Waals surface area contributed by atoms with E-state index in [1.54, 1.807) is 30.5 Å². The Bertz CT molecular complexity index is 823. The molecular formula is C19H20N4O4. The van der Waals surface area contributed by atoms with Crippen molar-refractivity contribution in [2.24, 2.45) is 0 Å². The molecule has 1 aliphatic heterocycles. The maximum absolute atomic E-state index is 12.5. The number of imide groups is 1. The van der Waals surface area contributed by atoms with Gasteiger partial charge in [-0.05, 0) is 36.4 Å². The normalized spacial score (nSPS) is 16.2. The number of hydrogen-bond donors (Lipinski definition) is 2. The molecule has 2 N–H and O–H groups in total. The molecule has 1 aliphatic rings. The van der Waals surface area contributed by atoms with Crippen LogP contribution in [0.25, 0.3) is 0 Å². The number of amides is 4. The first-order chi connectivity index (χ1) is 13.1. The van der Waals surface area contributed by atoms with E-state index < -0.39 is 18.0 Å². The lowest BCUT2D eigenvalue weighted by Crippen LogP contribution is -2.37. The zero-order valence-corrected chi connectivity index (χ0v) is 14.8. The molecule has 1 saturated heterocycles. The van der Waals surface area contributed by atoms with Gasteiger partial charge >= 0.3 is 6.03 Å². The van der Waals surface area contributed by atoms with Gasteiger partial charge in [-0.2, -0.15) is 0 Å². The van der Waals surface area contributed by atoms with Gasteiger partial charge in [-0.3, -0.25) is 14.6 Å². The van der Waals surface area contributed by atoms with Crippen molar-refractivity contribution in [2.45, 2.75) is 18.9 Å². The van der Waals surface area contributed by atoms with Gasteiger partial charge in [0.2, 0.25) is 5.91 Å². The average Bonchev–Trinajstić information content (AvgIpc) is 2.96. The lowest BCUT2D eigenvalue weighted by molar-refractivity contribution is -0.125. The van der Waals surface area contributed by atoms with Gasteiger partial charge < -0.3 is 15.4 Å². The summed E-state index contributed by atoms with van der Waals surface area (Å²) in [6.07, 6.45) is 2.17. The smallest absolute Gasteiger partial charge is 0.329 e. The third-order valence-corrected chi connectivity index (χ3v) is 4.17. The number of aromatic nitrogens is 1. The second-order valence-corrected chi connectivity index (χ2v) is 6.00. The zero-order valence-electron chi connectivity index (χ0n) is 14.8. The molecule has 1 aromatic carbocycles. The second kappa shape index (κ2) is 8.31. The van der Waals surface area contributed by atoms with Crippen molar-refractivity contribution in [3.8, 4) is 5.75 Å². The average molecular weight is 368 g/mol. The van der Waals surface area contributed by atoms with Crippen LogP contribution in [0.4, 0.5) is 10.5 Å². The van der Waals surface area contributed by atoms with Crippen LogP contribution in [0.2, 0.25) is 0 Å². The standard InChI is InChI=1S/C19H20N4O4/c1-27-15-7-5-14(6-8-15)23-18(25)16(22-19(23)26)12-17(24)21-11-9-13-4-2-3-10-20-13/h2-8,10,16H,9,11-12H2,1H3,(H,21,24)(H,22,26). The Morgan fingerprint density at radius 1 is 1.22 bits per heavy atom. The van der Waals surface area contributed by atoms with E-state index in [1.165, 1.54) is 7.11 Å². The molecule has 2 heterocycles. The summed E-state index contributed by atoms with van der Waals surface area (Å²) < 4.78 is 5.07. The number of anilines is 1. The van der Waals surface area contributed by atoms with Crippen molar-refractivity contribution in [3.63, 3.8) is 0 Å². The summed E-state index contributed by atoms with van der Waals surface area (Å²) in [5.74, 6) is -0.138. The van der Waals surface area contributed by atoms with Crippen molar-refractivity contribution in [1.82, 2.24) is 15.6 Å². The lowest BCUT2D eigenvalue weighted by Gasteiger charge is -2.13. The summed E-state index contributed by atoms with van der Waals surface area (Å²) >= 11 is 0. The number of ether oxygens (including phenoxy) is 1. The fourth-order valence-electron chi connectivity index (χ4n) is 2.78. The van der Waals surface area contributed by atoms with Gasteiger partial charge in [0.05, 0.1) is 19.2 Å². The van der Waals surface area contributed by atoms with Crippen LogP contribution in [-0.4, -0.2) is 42.5 Å². The van der Waals surface area contributed by atoms with Crippen molar-refractivity contribution >= 4 is 23.5 Å². The minimum atomic E-state index is -0.880. The summed E-state index contributed by atoms with van der Waals surface area (Å²) in [6.45, 7) is 0.410. The fraction of sp³-hybridized carbons (Fsp3) is 0.263. The molecule has 0 spiro atoms. The molecule has 0 aliphatic carbocycles. The number of rotatable bonds is 7. The Kier molecular flexibility index (Phi) is 5.65. The summed E-state index contributed by atoms with van der Waals surface area (Å²) in [6, 6.07) is 10.7.